The Kier molecular flexibility index (Phi) is 6.80. The zero-order valence-electron chi connectivity index (χ0n) is 15.1. The molecule has 1 heterocycles. The van der Waals surface area contributed by atoms with Crippen molar-refractivity contribution in [1.82, 2.24) is 4.90 Å². The molecular weight excluding hydrogens is 395 g/mol. The van der Waals surface area contributed by atoms with E-state index in [1.807, 2.05) is 24.3 Å². The molecule has 0 saturated carbocycles. The van der Waals surface area contributed by atoms with Gasteiger partial charge in [0, 0.05) is 24.4 Å². The highest BCUT2D eigenvalue weighted by Crippen LogP contribution is 2.23. The molecule has 0 radical (unpaired) electrons. The molecule has 0 atom stereocenters. The first kappa shape index (κ1) is 20.1. The minimum Gasteiger partial charge on any atom is -0.334 e. The van der Waals surface area contributed by atoms with Crippen LogP contribution in [0.1, 0.15) is 28.0 Å². The van der Waals surface area contributed by atoms with Gasteiger partial charge in [0.15, 0.2) is 0 Å². The van der Waals surface area contributed by atoms with Crippen molar-refractivity contribution < 1.29 is 9.18 Å². The molecule has 28 heavy (non-hydrogen) atoms. The van der Waals surface area contributed by atoms with Crippen LogP contribution in [0.2, 0.25) is 4.34 Å². The first-order valence-corrected chi connectivity index (χ1v) is 9.98. The van der Waals surface area contributed by atoms with Crippen molar-refractivity contribution in [3.63, 3.8) is 0 Å². The number of carbonyl (C=O) groups excluding carboxylic acids is 1. The molecule has 3 rings (SSSR count). The largest absolute Gasteiger partial charge is 0.334 e. The van der Waals surface area contributed by atoms with E-state index in [9.17, 15) is 9.18 Å². The van der Waals surface area contributed by atoms with Gasteiger partial charge < -0.3 is 4.90 Å². The second kappa shape index (κ2) is 9.50. The quantitative estimate of drug-likeness (QED) is 0.508. The zero-order chi connectivity index (χ0) is 19.9. The highest BCUT2D eigenvalue weighted by molar-refractivity contribution is 7.16. The second-order valence-electron chi connectivity index (χ2n) is 6.39. The molecule has 0 aliphatic rings. The number of amides is 1. The summed E-state index contributed by atoms with van der Waals surface area (Å²) in [7, 11) is 0. The lowest BCUT2D eigenvalue weighted by atomic mass is 10.1. The van der Waals surface area contributed by atoms with E-state index in [1.54, 1.807) is 29.2 Å². The molecule has 2 aromatic carbocycles. The second-order valence-corrected chi connectivity index (χ2v) is 8.19. The number of hydrogen-bond acceptors (Lipinski definition) is 3. The lowest BCUT2D eigenvalue weighted by Crippen LogP contribution is -2.30. The summed E-state index contributed by atoms with van der Waals surface area (Å²) in [5, 5.41) is 8.94. The van der Waals surface area contributed by atoms with Crippen molar-refractivity contribution in [3.8, 4) is 6.07 Å². The molecular formula is C22H18ClFN2OS. The van der Waals surface area contributed by atoms with Crippen LogP contribution in [-0.4, -0.2) is 10.8 Å². The maximum atomic E-state index is 13.6. The molecule has 0 unspecified atom stereocenters. The molecule has 3 nitrogen and oxygen atoms in total. The third-order valence-corrected chi connectivity index (χ3v) is 5.58. The van der Waals surface area contributed by atoms with E-state index < -0.39 is 0 Å². The van der Waals surface area contributed by atoms with Crippen LogP contribution in [0.5, 0.6) is 0 Å². The van der Waals surface area contributed by atoms with Gasteiger partial charge in [-0.15, -0.1) is 11.3 Å². The number of thiophene rings is 1. The van der Waals surface area contributed by atoms with Gasteiger partial charge in [-0.1, -0.05) is 35.9 Å². The molecule has 0 aliphatic carbocycles. The fourth-order valence-corrected chi connectivity index (χ4v) is 3.95. The van der Waals surface area contributed by atoms with Gasteiger partial charge in [-0.2, -0.15) is 5.26 Å². The Bertz CT molecular complexity index is 994. The Labute approximate surface area is 172 Å². The number of carbonyl (C=O) groups is 1. The van der Waals surface area contributed by atoms with Crippen LogP contribution >= 0.6 is 22.9 Å². The van der Waals surface area contributed by atoms with Crippen molar-refractivity contribution >= 4 is 28.8 Å². The summed E-state index contributed by atoms with van der Waals surface area (Å²) in [5.41, 5.74) is 2.23. The van der Waals surface area contributed by atoms with Gasteiger partial charge in [0.05, 0.1) is 16.0 Å². The van der Waals surface area contributed by atoms with Gasteiger partial charge in [0.2, 0.25) is 5.91 Å². The normalized spacial score (nSPS) is 10.5. The Balaban J connectivity index is 1.73. The van der Waals surface area contributed by atoms with Crippen LogP contribution < -0.4 is 0 Å². The zero-order valence-corrected chi connectivity index (χ0v) is 16.6. The van der Waals surface area contributed by atoms with Gasteiger partial charge >= 0.3 is 0 Å². The average molecular weight is 413 g/mol. The topological polar surface area (TPSA) is 44.1 Å². The van der Waals surface area contributed by atoms with Gasteiger partial charge in [-0.05, 0) is 53.9 Å². The fourth-order valence-electron chi connectivity index (χ4n) is 2.87. The minimum atomic E-state index is -0.323. The maximum Gasteiger partial charge on any atom is 0.223 e. The number of nitrogens with zero attached hydrogens (tertiary/aromatic N) is 2. The molecule has 0 spiro atoms. The predicted octanol–water partition coefficient (Wildman–Crippen LogP) is 5.57. The molecule has 6 heteroatoms. The van der Waals surface area contributed by atoms with E-state index in [0.717, 1.165) is 16.0 Å². The molecule has 3 aromatic rings. The van der Waals surface area contributed by atoms with Gasteiger partial charge in [0.25, 0.3) is 0 Å². The smallest absolute Gasteiger partial charge is 0.223 e. The summed E-state index contributed by atoms with van der Waals surface area (Å²) in [5.74, 6) is -0.338. The van der Waals surface area contributed by atoms with E-state index in [1.165, 1.54) is 23.5 Å². The van der Waals surface area contributed by atoms with E-state index in [4.69, 9.17) is 16.9 Å². The molecule has 0 bridgehead atoms. The Hall–Kier alpha value is -2.68. The third kappa shape index (κ3) is 5.66. The Morgan fingerprint density at radius 3 is 2.46 bits per heavy atom. The molecule has 0 N–H and O–H groups in total. The van der Waals surface area contributed by atoms with E-state index in [2.05, 4.69) is 6.07 Å². The lowest BCUT2D eigenvalue weighted by Gasteiger charge is -2.23. The standard InChI is InChI=1S/C22H18ClFN2OS/c23-21-10-8-20(28-21)9-11-22(27)26(15-18-2-1-3-19(24)12-18)14-17-6-4-16(13-25)5-7-17/h1-8,10,12H,9,11,14-15H2. The molecule has 1 amide bonds. The van der Waals surface area contributed by atoms with Crippen LogP contribution in [-0.2, 0) is 24.3 Å². The highest BCUT2D eigenvalue weighted by Gasteiger charge is 2.16. The summed E-state index contributed by atoms with van der Waals surface area (Å²) in [4.78, 5) is 15.7. The average Bonchev–Trinajstić information content (AvgIpc) is 3.11. The number of hydrogen-bond donors (Lipinski definition) is 0. The number of benzene rings is 2. The molecule has 0 fully saturated rings. The number of nitriles is 1. The van der Waals surface area contributed by atoms with Crippen LogP contribution in [0.15, 0.2) is 60.7 Å². The number of rotatable bonds is 7. The van der Waals surface area contributed by atoms with E-state index in [0.29, 0.717) is 35.8 Å². The number of halogens is 2. The van der Waals surface area contributed by atoms with Gasteiger partial charge in [0.1, 0.15) is 5.82 Å². The van der Waals surface area contributed by atoms with Crippen molar-refractivity contribution in [3.05, 3.63) is 92.4 Å². The molecule has 0 aliphatic heterocycles. The summed E-state index contributed by atoms with van der Waals surface area (Å²) < 4.78 is 14.3. The number of aryl methyl sites for hydroxylation is 1. The SMILES string of the molecule is N#Cc1ccc(CN(Cc2cccc(F)c2)C(=O)CCc2ccc(Cl)s2)cc1. The van der Waals surface area contributed by atoms with Crippen LogP contribution in [0, 0.1) is 17.1 Å². The molecule has 1 aromatic heterocycles. The van der Waals surface area contributed by atoms with Crippen molar-refractivity contribution in [1.29, 1.82) is 5.26 Å². The van der Waals surface area contributed by atoms with Crippen molar-refractivity contribution in [2.24, 2.45) is 0 Å². The minimum absolute atomic E-state index is 0.0156. The highest BCUT2D eigenvalue weighted by atomic mass is 35.5. The van der Waals surface area contributed by atoms with Crippen LogP contribution in [0.4, 0.5) is 4.39 Å². The monoisotopic (exact) mass is 412 g/mol. The lowest BCUT2D eigenvalue weighted by molar-refractivity contribution is -0.132. The summed E-state index contributed by atoms with van der Waals surface area (Å²) in [6.07, 6.45) is 0.964. The van der Waals surface area contributed by atoms with Crippen molar-refractivity contribution in [2.75, 3.05) is 0 Å². The summed E-state index contributed by atoms with van der Waals surface area (Å²) in [6.45, 7) is 0.716. The Morgan fingerprint density at radius 1 is 1.07 bits per heavy atom. The first-order chi connectivity index (χ1) is 13.5. The summed E-state index contributed by atoms with van der Waals surface area (Å²) in [6, 6.07) is 19.3. The first-order valence-electron chi connectivity index (χ1n) is 8.79. The Morgan fingerprint density at radius 2 is 1.82 bits per heavy atom. The van der Waals surface area contributed by atoms with E-state index >= 15 is 0 Å². The molecule has 142 valence electrons. The predicted molar refractivity (Wildman–Crippen MR) is 109 cm³/mol. The van der Waals surface area contributed by atoms with E-state index in [-0.39, 0.29) is 11.7 Å². The van der Waals surface area contributed by atoms with Crippen LogP contribution in [0.25, 0.3) is 0 Å². The fraction of sp³-hybridized carbons (Fsp3) is 0.182. The van der Waals surface area contributed by atoms with Crippen LogP contribution in [0.3, 0.4) is 0 Å². The maximum absolute atomic E-state index is 13.6. The van der Waals surface area contributed by atoms with Gasteiger partial charge in [-0.3, -0.25) is 4.79 Å². The third-order valence-electron chi connectivity index (χ3n) is 4.29. The van der Waals surface area contributed by atoms with Gasteiger partial charge in [-0.25, -0.2) is 4.39 Å². The summed E-state index contributed by atoms with van der Waals surface area (Å²) >= 11 is 7.43. The van der Waals surface area contributed by atoms with Crippen molar-refractivity contribution in [2.45, 2.75) is 25.9 Å². The molecule has 0 saturated heterocycles.